The molecule has 0 aliphatic carbocycles. The zero-order valence-electron chi connectivity index (χ0n) is 17.3. The number of fused-ring (bicyclic) bond motifs is 2. The quantitative estimate of drug-likeness (QED) is 0.139. The summed E-state index contributed by atoms with van der Waals surface area (Å²) < 4.78 is 136. The van der Waals surface area contributed by atoms with Gasteiger partial charge in [-0.05, 0) is 45.8 Å². The molecule has 0 bridgehead atoms. The minimum absolute atomic E-state index is 0.0618. The minimum Gasteiger partial charge on any atom is -0.282 e. The highest BCUT2D eigenvalue weighted by Gasteiger charge is 2.29. The standard InChI is InChI=1S/C20H12O12S4/c21-33(22,23)13-5-1-9-10-2-6-15(35(27,28)29)20-16(36(30,31)32)8-4-12(18(10)20)11-3-7-14(34(24,25)26)19(13)17(9)11/h1-8H,(H,21,22,23)(H,24,25,26)(H,27,28,29)(H,30,31,32). The van der Waals surface area contributed by atoms with E-state index in [0.717, 1.165) is 24.3 Å². The number of hydrogen-bond donors (Lipinski definition) is 4. The molecule has 16 heteroatoms. The first kappa shape index (κ1) is 24.7. The predicted molar refractivity (Wildman–Crippen MR) is 127 cm³/mol. The first-order valence-corrected chi connectivity index (χ1v) is 15.3. The highest BCUT2D eigenvalue weighted by Crippen LogP contribution is 2.46. The summed E-state index contributed by atoms with van der Waals surface area (Å²) in [5, 5.41) is -0.872. The monoisotopic (exact) mass is 572 g/mol. The van der Waals surface area contributed by atoms with Crippen molar-refractivity contribution >= 4 is 83.6 Å². The van der Waals surface area contributed by atoms with Gasteiger partial charge >= 0.3 is 0 Å². The van der Waals surface area contributed by atoms with E-state index in [4.69, 9.17) is 0 Å². The van der Waals surface area contributed by atoms with Crippen molar-refractivity contribution in [1.82, 2.24) is 0 Å². The maximum absolute atomic E-state index is 12.1. The van der Waals surface area contributed by atoms with Crippen molar-refractivity contribution in [3.05, 3.63) is 48.5 Å². The molecule has 36 heavy (non-hydrogen) atoms. The Kier molecular flexibility index (Phi) is 5.01. The molecule has 0 heterocycles. The van der Waals surface area contributed by atoms with Crippen LogP contribution in [0, 0.1) is 0 Å². The van der Waals surface area contributed by atoms with Crippen molar-refractivity contribution in [2.24, 2.45) is 0 Å². The van der Waals surface area contributed by atoms with Gasteiger partial charge in [0, 0.05) is 21.5 Å². The summed E-state index contributed by atoms with van der Waals surface area (Å²) in [4.78, 5) is -3.34. The maximum Gasteiger partial charge on any atom is 0.295 e. The van der Waals surface area contributed by atoms with Crippen molar-refractivity contribution in [3.8, 4) is 0 Å². The van der Waals surface area contributed by atoms with Crippen molar-refractivity contribution < 1.29 is 51.9 Å². The second-order valence-electron chi connectivity index (χ2n) is 7.85. The van der Waals surface area contributed by atoms with Gasteiger partial charge in [0.15, 0.2) is 0 Å². The van der Waals surface area contributed by atoms with Crippen LogP contribution in [0.4, 0.5) is 0 Å². The summed E-state index contributed by atoms with van der Waals surface area (Å²) in [6, 6.07) is 8.16. The van der Waals surface area contributed by atoms with Crippen LogP contribution in [-0.4, -0.2) is 51.9 Å². The van der Waals surface area contributed by atoms with Gasteiger partial charge in [0.2, 0.25) is 0 Å². The smallest absolute Gasteiger partial charge is 0.282 e. The molecule has 188 valence electrons. The average molecular weight is 573 g/mol. The Hall–Kier alpha value is -2.96. The van der Waals surface area contributed by atoms with Crippen LogP contribution in [0.5, 0.6) is 0 Å². The van der Waals surface area contributed by atoms with E-state index in [1.165, 1.54) is 24.3 Å². The highest BCUT2D eigenvalue weighted by atomic mass is 32.2. The lowest BCUT2D eigenvalue weighted by molar-refractivity contribution is 0.479. The molecule has 5 aromatic carbocycles. The third kappa shape index (κ3) is 3.53. The average Bonchev–Trinajstić information content (AvgIpc) is 2.73. The molecule has 5 aromatic rings. The lowest BCUT2D eigenvalue weighted by Gasteiger charge is -2.19. The Balaban J connectivity index is 2.23. The molecule has 0 aliphatic heterocycles. The summed E-state index contributed by atoms with van der Waals surface area (Å²) in [5.41, 5.74) is 0. The van der Waals surface area contributed by atoms with E-state index in [1.807, 2.05) is 0 Å². The third-order valence-electron chi connectivity index (χ3n) is 5.86. The molecule has 0 aliphatic rings. The van der Waals surface area contributed by atoms with Crippen molar-refractivity contribution in [3.63, 3.8) is 0 Å². The zero-order valence-corrected chi connectivity index (χ0v) is 20.6. The van der Waals surface area contributed by atoms with Gasteiger partial charge in [-0.3, -0.25) is 18.2 Å². The lowest BCUT2D eigenvalue weighted by atomic mass is 9.90. The van der Waals surface area contributed by atoms with Crippen LogP contribution in [0.1, 0.15) is 0 Å². The maximum atomic E-state index is 12.1. The molecule has 0 spiro atoms. The molecular formula is C20H12O12S4. The molecule has 5 rings (SSSR count). The van der Waals surface area contributed by atoms with E-state index in [-0.39, 0.29) is 32.3 Å². The van der Waals surface area contributed by atoms with E-state index in [1.54, 1.807) is 0 Å². The van der Waals surface area contributed by atoms with Crippen LogP contribution in [0.25, 0.3) is 43.1 Å². The van der Waals surface area contributed by atoms with Crippen LogP contribution in [0.3, 0.4) is 0 Å². The van der Waals surface area contributed by atoms with Crippen molar-refractivity contribution in [2.75, 3.05) is 0 Å². The molecule has 0 unspecified atom stereocenters. The van der Waals surface area contributed by atoms with Crippen LogP contribution < -0.4 is 0 Å². The normalized spacial score (nSPS) is 13.9. The lowest BCUT2D eigenvalue weighted by Crippen LogP contribution is -2.07. The van der Waals surface area contributed by atoms with Crippen LogP contribution in [-0.2, 0) is 40.5 Å². The molecule has 0 fully saturated rings. The van der Waals surface area contributed by atoms with Crippen LogP contribution >= 0.6 is 0 Å². The predicted octanol–water partition coefficient (Wildman–Crippen LogP) is 2.72. The molecule has 0 atom stereocenters. The summed E-state index contributed by atoms with van der Waals surface area (Å²) in [6.45, 7) is 0. The summed E-state index contributed by atoms with van der Waals surface area (Å²) >= 11 is 0. The molecule has 0 aromatic heterocycles. The van der Waals surface area contributed by atoms with Crippen LogP contribution in [0.15, 0.2) is 68.1 Å². The van der Waals surface area contributed by atoms with Crippen molar-refractivity contribution in [1.29, 1.82) is 0 Å². The second-order valence-corrected chi connectivity index (χ2v) is 13.4. The van der Waals surface area contributed by atoms with Crippen LogP contribution in [0.2, 0.25) is 0 Å². The van der Waals surface area contributed by atoms with E-state index < -0.39 is 70.8 Å². The number of benzene rings is 5. The molecule has 0 saturated heterocycles. The van der Waals surface area contributed by atoms with E-state index in [2.05, 4.69) is 0 Å². The van der Waals surface area contributed by atoms with E-state index >= 15 is 0 Å². The fraction of sp³-hybridized carbons (Fsp3) is 0. The largest absolute Gasteiger partial charge is 0.295 e. The van der Waals surface area contributed by atoms with Gasteiger partial charge in [-0.2, -0.15) is 33.7 Å². The third-order valence-corrected chi connectivity index (χ3v) is 9.44. The SMILES string of the molecule is O=S(=O)(O)c1ccc2c3ccc(S(=O)(=O)O)c4c(S(=O)(=O)O)ccc(c5ccc(S(=O)(=O)O)c1c25)c43. The fourth-order valence-corrected chi connectivity index (χ4v) is 7.59. The molecule has 4 N–H and O–H groups in total. The fourth-order valence-electron chi connectivity index (χ4n) is 4.62. The van der Waals surface area contributed by atoms with E-state index in [0.29, 0.717) is 0 Å². The molecule has 0 radical (unpaired) electrons. The molecule has 12 nitrogen and oxygen atoms in total. The Bertz CT molecular complexity index is 1920. The topological polar surface area (TPSA) is 217 Å². The van der Waals surface area contributed by atoms with Gasteiger partial charge in [-0.15, -0.1) is 0 Å². The molecular weight excluding hydrogens is 560 g/mol. The van der Waals surface area contributed by atoms with Gasteiger partial charge in [-0.25, -0.2) is 0 Å². The Morgan fingerprint density at radius 1 is 0.333 bits per heavy atom. The highest BCUT2D eigenvalue weighted by molar-refractivity contribution is 7.87. The van der Waals surface area contributed by atoms with Gasteiger partial charge in [-0.1, -0.05) is 24.3 Å². The van der Waals surface area contributed by atoms with Crippen molar-refractivity contribution in [2.45, 2.75) is 19.6 Å². The van der Waals surface area contributed by atoms with Gasteiger partial charge in [0.05, 0.1) is 0 Å². The number of rotatable bonds is 4. The summed E-state index contributed by atoms with van der Waals surface area (Å²) in [6.07, 6.45) is 0. The van der Waals surface area contributed by atoms with Gasteiger partial charge in [0.25, 0.3) is 40.5 Å². The Labute approximate surface area is 203 Å². The molecule has 0 amide bonds. The number of hydrogen-bond acceptors (Lipinski definition) is 8. The Morgan fingerprint density at radius 3 is 0.694 bits per heavy atom. The Morgan fingerprint density at radius 2 is 0.528 bits per heavy atom. The second kappa shape index (κ2) is 7.30. The first-order valence-electron chi connectivity index (χ1n) is 9.52. The molecule has 0 saturated carbocycles. The summed E-state index contributed by atoms with van der Waals surface area (Å²) in [5.74, 6) is 0. The van der Waals surface area contributed by atoms with Gasteiger partial charge < -0.3 is 0 Å². The van der Waals surface area contributed by atoms with E-state index in [9.17, 15) is 51.9 Å². The first-order chi connectivity index (χ1) is 16.4. The summed E-state index contributed by atoms with van der Waals surface area (Å²) in [7, 11) is -20.0. The minimum atomic E-state index is -5.01. The van der Waals surface area contributed by atoms with Gasteiger partial charge in [0.1, 0.15) is 19.6 Å². The zero-order chi connectivity index (χ0) is 26.6.